The van der Waals surface area contributed by atoms with Gasteiger partial charge in [-0.25, -0.2) is 13.1 Å². The minimum absolute atomic E-state index is 0.173. The van der Waals surface area contributed by atoms with Crippen LogP contribution in [0.5, 0.6) is 0 Å². The Morgan fingerprint density at radius 3 is 2.12 bits per heavy atom. The van der Waals surface area contributed by atoms with Crippen LogP contribution in [0.15, 0.2) is 29.2 Å². The summed E-state index contributed by atoms with van der Waals surface area (Å²) in [6, 6.07) is 5.99. The fourth-order valence-electron chi connectivity index (χ4n) is 1.10. The first kappa shape index (κ1) is 14.8. The second-order valence-electron chi connectivity index (χ2n) is 4.40. The van der Waals surface area contributed by atoms with Crippen LogP contribution in [0.3, 0.4) is 0 Å². The van der Waals surface area contributed by atoms with Crippen molar-refractivity contribution in [2.45, 2.75) is 36.6 Å². The Balaban J connectivity index is 3.01. The van der Waals surface area contributed by atoms with E-state index >= 15 is 0 Å². The summed E-state index contributed by atoms with van der Waals surface area (Å²) in [7, 11) is -3.57. The molecule has 1 atom stereocenters. The van der Waals surface area contributed by atoms with Crippen molar-refractivity contribution in [3.63, 3.8) is 0 Å². The molecular weight excluding hydrogens is 281 g/mol. The maximum atomic E-state index is 12.1. The average molecular weight is 296 g/mol. The van der Waals surface area contributed by atoms with E-state index in [2.05, 4.69) is 4.72 Å². The molecule has 96 valence electrons. The summed E-state index contributed by atoms with van der Waals surface area (Å²) in [5.41, 5.74) is -0.722. The number of hydrogen-bond acceptors (Lipinski definition) is 2. The van der Waals surface area contributed by atoms with Crippen molar-refractivity contribution in [2.75, 3.05) is 0 Å². The normalized spacial score (nSPS) is 14.6. The van der Waals surface area contributed by atoms with Crippen LogP contribution in [-0.4, -0.2) is 19.3 Å². The van der Waals surface area contributed by atoms with E-state index in [4.69, 9.17) is 23.2 Å². The summed E-state index contributed by atoms with van der Waals surface area (Å²) in [5, 5.41) is 0.165. The van der Waals surface area contributed by atoms with Gasteiger partial charge in [-0.05, 0) is 45.0 Å². The molecule has 0 saturated heterocycles. The van der Waals surface area contributed by atoms with E-state index in [-0.39, 0.29) is 10.3 Å². The van der Waals surface area contributed by atoms with Gasteiger partial charge >= 0.3 is 0 Å². The van der Waals surface area contributed by atoms with Gasteiger partial charge in [0, 0.05) is 15.9 Å². The van der Waals surface area contributed by atoms with Crippen LogP contribution in [0.2, 0.25) is 5.02 Å². The van der Waals surface area contributed by atoms with Crippen LogP contribution in [0.4, 0.5) is 0 Å². The quantitative estimate of drug-likeness (QED) is 0.868. The van der Waals surface area contributed by atoms with E-state index < -0.39 is 15.6 Å². The highest BCUT2D eigenvalue weighted by Gasteiger charge is 2.30. The van der Waals surface area contributed by atoms with Gasteiger partial charge in [0.15, 0.2) is 0 Å². The minimum Gasteiger partial charge on any atom is -0.207 e. The summed E-state index contributed by atoms with van der Waals surface area (Å²) >= 11 is 11.6. The smallest absolute Gasteiger partial charge is 0.207 e. The molecule has 17 heavy (non-hydrogen) atoms. The molecule has 1 N–H and O–H groups in total. The van der Waals surface area contributed by atoms with Gasteiger partial charge in [-0.1, -0.05) is 11.6 Å². The second kappa shape index (κ2) is 5.14. The van der Waals surface area contributed by atoms with Crippen LogP contribution < -0.4 is 4.72 Å². The summed E-state index contributed by atoms with van der Waals surface area (Å²) in [6.07, 6.45) is 0. The monoisotopic (exact) mass is 295 g/mol. The lowest BCUT2D eigenvalue weighted by Crippen LogP contribution is -2.48. The maximum absolute atomic E-state index is 12.1. The van der Waals surface area contributed by atoms with E-state index in [1.54, 1.807) is 20.8 Å². The molecule has 0 aliphatic rings. The Labute approximate surface area is 112 Å². The lowest BCUT2D eigenvalue weighted by molar-refractivity contribution is 0.445. The molecular formula is C11H15Cl2NO2S. The highest BCUT2D eigenvalue weighted by atomic mass is 35.5. The van der Waals surface area contributed by atoms with Gasteiger partial charge in [0.1, 0.15) is 0 Å². The molecule has 0 amide bonds. The van der Waals surface area contributed by atoms with Crippen molar-refractivity contribution >= 4 is 33.2 Å². The fraction of sp³-hybridized carbons (Fsp3) is 0.455. The molecule has 1 aromatic rings. The number of sulfonamides is 1. The third kappa shape index (κ3) is 3.85. The average Bonchev–Trinajstić information content (AvgIpc) is 2.16. The van der Waals surface area contributed by atoms with Gasteiger partial charge in [-0.15, -0.1) is 11.6 Å². The van der Waals surface area contributed by atoms with E-state index in [9.17, 15) is 8.42 Å². The third-order valence-corrected chi connectivity index (χ3v) is 5.00. The molecule has 1 unspecified atom stereocenters. The van der Waals surface area contributed by atoms with E-state index in [0.29, 0.717) is 5.02 Å². The van der Waals surface area contributed by atoms with Crippen LogP contribution in [-0.2, 0) is 10.0 Å². The zero-order chi connectivity index (χ0) is 13.3. The van der Waals surface area contributed by atoms with Crippen LogP contribution >= 0.6 is 23.2 Å². The van der Waals surface area contributed by atoms with Gasteiger partial charge in [0.05, 0.1) is 4.90 Å². The van der Waals surface area contributed by atoms with Gasteiger partial charge in [-0.2, -0.15) is 0 Å². The first-order valence-electron chi connectivity index (χ1n) is 5.09. The molecule has 1 aromatic carbocycles. The topological polar surface area (TPSA) is 46.2 Å². The number of nitrogens with one attached hydrogen (secondary N) is 1. The molecule has 0 aliphatic heterocycles. The molecule has 0 heterocycles. The van der Waals surface area contributed by atoms with Crippen molar-refractivity contribution in [3.05, 3.63) is 29.3 Å². The number of hydrogen-bond donors (Lipinski definition) is 1. The van der Waals surface area contributed by atoms with Crippen LogP contribution in [0, 0.1) is 0 Å². The highest BCUT2D eigenvalue weighted by molar-refractivity contribution is 7.89. The molecule has 0 aromatic heterocycles. The highest BCUT2D eigenvalue weighted by Crippen LogP contribution is 2.20. The first-order valence-corrected chi connectivity index (χ1v) is 7.38. The Morgan fingerprint density at radius 2 is 1.71 bits per heavy atom. The molecule has 3 nitrogen and oxygen atoms in total. The Bertz CT molecular complexity index is 481. The van der Waals surface area contributed by atoms with Gasteiger partial charge in [-0.3, -0.25) is 0 Å². The van der Waals surface area contributed by atoms with E-state index in [1.165, 1.54) is 24.3 Å². The summed E-state index contributed by atoms with van der Waals surface area (Å²) in [5.74, 6) is 0. The van der Waals surface area contributed by atoms with Crippen molar-refractivity contribution in [1.29, 1.82) is 0 Å². The fourth-order valence-corrected chi connectivity index (χ4v) is 2.83. The number of benzene rings is 1. The number of halogens is 2. The maximum Gasteiger partial charge on any atom is 0.241 e. The minimum atomic E-state index is -3.57. The van der Waals surface area contributed by atoms with Crippen molar-refractivity contribution in [2.24, 2.45) is 0 Å². The van der Waals surface area contributed by atoms with Gasteiger partial charge < -0.3 is 0 Å². The van der Waals surface area contributed by atoms with Crippen LogP contribution in [0.1, 0.15) is 20.8 Å². The lowest BCUT2D eigenvalue weighted by atomic mass is 10.0. The largest absolute Gasteiger partial charge is 0.241 e. The molecule has 1 rings (SSSR count). The predicted molar refractivity (Wildman–Crippen MR) is 71.2 cm³/mol. The van der Waals surface area contributed by atoms with Crippen molar-refractivity contribution in [1.82, 2.24) is 4.72 Å². The Morgan fingerprint density at radius 1 is 1.24 bits per heavy atom. The first-order chi connectivity index (χ1) is 7.65. The van der Waals surface area contributed by atoms with Crippen LogP contribution in [0.25, 0.3) is 0 Å². The Kier molecular flexibility index (Phi) is 4.47. The standard InChI is InChI=1S/C11H15Cl2NO2S/c1-8(12)11(2,3)14-17(15,16)10-6-4-9(13)5-7-10/h4-8,14H,1-3H3. The van der Waals surface area contributed by atoms with Crippen molar-refractivity contribution in [3.8, 4) is 0 Å². The molecule has 0 aliphatic carbocycles. The zero-order valence-electron chi connectivity index (χ0n) is 9.87. The number of rotatable bonds is 4. The van der Waals surface area contributed by atoms with Gasteiger partial charge in [0.2, 0.25) is 10.0 Å². The molecule has 0 fully saturated rings. The summed E-state index contributed by atoms with van der Waals surface area (Å²) < 4.78 is 26.7. The van der Waals surface area contributed by atoms with E-state index in [1.807, 2.05) is 0 Å². The van der Waals surface area contributed by atoms with E-state index in [0.717, 1.165) is 0 Å². The third-order valence-electron chi connectivity index (χ3n) is 2.52. The SMILES string of the molecule is CC(Cl)C(C)(C)NS(=O)(=O)c1ccc(Cl)cc1. The molecule has 0 saturated carbocycles. The lowest BCUT2D eigenvalue weighted by Gasteiger charge is -2.28. The number of alkyl halides is 1. The molecule has 0 spiro atoms. The molecule has 6 heteroatoms. The summed E-state index contributed by atoms with van der Waals surface area (Å²) in [4.78, 5) is 0.173. The van der Waals surface area contributed by atoms with Gasteiger partial charge in [0.25, 0.3) is 0 Å². The molecule has 0 radical (unpaired) electrons. The molecule has 0 bridgehead atoms. The predicted octanol–water partition coefficient (Wildman–Crippen LogP) is 3.02. The zero-order valence-corrected chi connectivity index (χ0v) is 12.2. The second-order valence-corrected chi connectivity index (χ2v) is 7.17. The summed E-state index contributed by atoms with van der Waals surface area (Å²) in [6.45, 7) is 5.21. The Hall–Kier alpha value is -0.290. The van der Waals surface area contributed by atoms with Crippen molar-refractivity contribution < 1.29 is 8.42 Å².